The van der Waals surface area contributed by atoms with Gasteiger partial charge in [0.2, 0.25) is 0 Å². The molecule has 1 aromatic heterocycles. The van der Waals surface area contributed by atoms with Crippen LogP contribution >= 0.6 is 11.6 Å². The maximum absolute atomic E-state index is 6.01. The molecule has 0 unspecified atom stereocenters. The van der Waals surface area contributed by atoms with E-state index < -0.39 is 0 Å². The van der Waals surface area contributed by atoms with Gasteiger partial charge in [-0.3, -0.25) is 4.90 Å². The van der Waals surface area contributed by atoms with Crippen molar-refractivity contribution in [3.8, 4) is 5.69 Å². The maximum Gasteiger partial charge on any atom is 0.0660 e. The summed E-state index contributed by atoms with van der Waals surface area (Å²) in [5.41, 5.74) is 2.13. The third-order valence-corrected chi connectivity index (χ3v) is 3.96. The number of rotatable bonds is 5. The summed E-state index contributed by atoms with van der Waals surface area (Å²) in [6.07, 6.45) is 4.13. The zero-order valence-electron chi connectivity index (χ0n) is 12.0. The topological polar surface area (TPSA) is 30.3 Å². The molecule has 1 fully saturated rings. The second kappa shape index (κ2) is 7.07. The van der Waals surface area contributed by atoms with Crippen molar-refractivity contribution in [3.05, 3.63) is 47.2 Å². The molecule has 1 aromatic carbocycles. The average molecular weight is 306 g/mol. The van der Waals surface area contributed by atoms with Gasteiger partial charge in [-0.05, 0) is 43.7 Å². The van der Waals surface area contributed by atoms with Crippen LogP contribution in [-0.2, 0) is 11.2 Å². The minimum absolute atomic E-state index is 0.733. The highest BCUT2D eigenvalue weighted by Crippen LogP contribution is 2.14. The fourth-order valence-corrected chi connectivity index (χ4v) is 2.75. The molecule has 5 heteroatoms. The zero-order valence-corrected chi connectivity index (χ0v) is 12.8. The van der Waals surface area contributed by atoms with Crippen molar-refractivity contribution in [2.75, 3.05) is 32.8 Å². The van der Waals surface area contributed by atoms with E-state index in [1.807, 2.05) is 35.1 Å². The standard InChI is InChI=1S/C16H20ClN3O/c17-14-3-1-5-16(13-14)20-8-6-15(18-20)4-2-7-19-9-11-21-12-10-19/h1,3,5-6,8,13H,2,4,7,9-12H2. The highest BCUT2D eigenvalue weighted by atomic mass is 35.5. The molecule has 0 radical (unpaired) electrons. The first-order valence-corrected chi connectivity index (χ1v) is 7.80. The fraction of sp³-hybridized carbons (Fsp3) is 0.438. The Morgan fingerprint density at radius 2 is 2.05 bits per heavy atom. The van der Waals surface area contributed by atoms with Gasteiger partial charge < -0.3 is 4.74 Å². The minimum atomic E-state index is 0.733. The molecule has 0 bridgehead atoms. The minimum Gasteiger partial charge on any atom is -0.379 e. The fourth-order valence-electron chi connectivity index (χ4n) is 2.57. The number of nitrogens with zero attached hydrogens (tertiary/aromatic N) is 3. The van der Waals surface area contributed by atoms with Crippen molar-refractivity contribution in [3.63, 3.8) is 0 Å². The van der Waals surface area contributed by atoms with Gasteiger partial charge in [0.25, 0.3) is 0 Å². The quantitative estimate of drug-likeness (QED) is 0.851. The van der Waals surface area contributed by atoms with E-state index in [4.69, 9.17) is 16.3 Å². The van der Waals surface area contributed by atoms with Gasteiger partial charge >= 0.3 is 0 Å². The van der Waals surface area contributed by atoms with Crippen LogP contribution in [0.4, 0.5) is 0 Å². The first kappa shape index (κ1) is 14.6. The third kappa shape index (κ3) is 4.06. The number of hydrogen-bond donors (Lipinski definition) is 0. The number of aryl methyl sites for hydroxylation is 1. The Morgan fingerprint density at radius 3 is 2.86 bits per heavy atom. The van der Waals surface area contributed by atoms with Crippen LogP contribution in [0.5, 0.6) is 0 Å². The lowest BCUT2D eigenvalue weighted by Gasteiger charge is -2.26. The number of ether oxygens (including phenoxy) is 1. The predicted molar refractivity (Wildman–Crippen MR) is 84.2 cm³/mol. The highest BCUT2D eigenvalue weighted by molar-refractivity contribution is 6.30. The average Bonchev–Trinajstić information content (AvgIpc) is 2.97. The van der Waals surface area contributed by atoms with Crippen LogP contribution in [-0.4, -0.2) is 47.5 Å². The van der Waals surface area contributed by atoms with Gasteiger partial charge in [-0.15, -0.1) is 0 Å². The summed E-state index contributed by atoms with van der Waals surface area (Å²) in [4.78, 5) is 2.46. The van der Waals surface area contributed by atoms with Gasteiger partial charge in [0.05, 0.1) is 24.6 Å². The second-order valence-electron chi connectivity index (χ2n) is 5.29. The van der Waals surface area contributed by atoms with Crippen LogP contribution < -0.4 is 0 Å². The van der Waals surface area contributed by atoms with Crippen LogP contribution in [0.3, 0.4) is 0 Å². The molecule has 0 amide bonds. The van der Waals surface area contributed by atoms with E-state index in [2.05, 4.69) is 16.1 Å². The summed E-state index contributed by atoms with van der Waals surface area (Å²) in [7, 11) is 0. The Morgan fingerprint density at radius 1 is 1.19 bits per heavy atom. The molecule has 0 N–H and O–H groups in total. The molecule has 0 atom stereocenters. The molecule has 4 nitrogen and oxygen atoms in total. The van der Waals surface area contributed by atoms with Gasteiger partial charge in [0.1, 0.15) is 0 Å². The van der Waals surface area contributed by atoms with E-state index in [-0.39, 0.29) is 0 Å². The number of morpholine rings is 1. The molecule has 1 aliphatic heterocycles. The first-order valence-electron chi connectivity index (χ1n) is 7.42. The monoisotopic (exact) mass is 305 g/mol. The molecule has 0 spiro atoms. The maximum atomic E-state index is 6.01. The second-order valence-corrected chi connectivity index (χ2v) is 5.73. The lowest BCUT2D eigenvalue weighted by atomic mass is 10.2. The summed E-state index contributed by atoms with van der Waals surface area (Å²) in [6.45, 7) is 4.95. The van der Waals surface area contributed by atoms with Crippen LogP contribution in [0.15, 0.2) is 36.5 Å². The Hall–Kier alpha value is -1.36. The van der Waals surface area contributed by atoms with Gasteiger partial charge in [0.15, 0.2) is 0 Å². The largest absolute Gasteiger partial charge is 0.379 e. The van der Waals surface area contributed by atoms with Crippen molar-refractivity contribution in [1.29, 1.82) is 0 Å². The predicted octanol–water partition coefficient (Wildman–Crippen LogP) is 2.79. The molecule has 2 heterocycles. The number of aromatic nitrogens is 2. The molecule has 0 aliphatic carbocycles. The smallest absolute Gasteiger partial charge is 0.0660 e. The molecule has 21 heavy (non-hydrogen) atoms. The summed E-state index contributed by atoms with van der Waals surface area (Å²) < 4.78 is 7.24. The van der Waals surface area contributed by atoms with Gasteiger partial charge in [-0.25, -0.2) is 4.68 Å². The first-order chi connectivity index (χ1) is 10.3. The van der Waals surface area contributed by atoms with E-state index in [0.717, 1.165) is 62.1 Å². The van der Waals surface area contributed by atoms with Gasteiger partial charge in [0, 0.05) is 24.3 Å². The molecule has 1 aliphatic rings. The Balaban J connectivity index is 1.53. The number of hydrogen-bond acceptors (Lipinski definition) is 3. The lowest BCUT2D eigenvalue weighted by Crippen LogP contribution is -2.36. The molecule has 0 saturated carbocycles. The van der Waals surface area contributed by atoms with E-state index in [0.29, 0.717) is 0 Å². The molecule has 112 valence electrons. The van der Waals surface area contributed by atoms with Crippen LogP contribution in [0, 0.1) is 0 Å². The summed E-state index contributed by atoms with van der Waals surface area (Å²) in [5.74, 6) is 0. The van der Waals surface area contributed by atoms with E-state index in [1.165, 1.54) is 0 Å². The Kier molecular flexibility index (Phi) is 4.91. The van der Waals surface area contributed by atoms with Gasteiger partial charge in [-0.1, -0.05) is 17.7 Å². The van der Waals surface area contributed by atoms with Crippen molar-refractivity contribution in [2.24, 2.45) is 0 Å². The normalized spacial score (nSPS) is 16.2. The summed E-state index contributed by atoms with van der Waals surface area (Å²) in [6, 6.07) is 9.83. The summed E-state index contributed by atoms with van der Waals surface area (Å²) >= 11 is 6.01. The SMILES string of the molecule is Clc1cccc(-n2ccc(CCCN3CCOCC3)n2)c1. The molecular weight excluding hydrogens is 286 g/mol. The molecule has 3 rings (SSSR count). The van der Waals surface area contributed by atoms with Crippen LogP contribution in [0.25, 0.3) is 5.69 Å². The Bertz CT molecular complexity index is 578. The van der Waals surface area contributed by atoms with Crippen LogP contribution in [0.2, 0.25) is 5.02 Å². The zero-order chi connectivity index (χ0) is 14.5. The summed E-state index contributed by atoms with van der Waals surface area (Å²) in [5, 5.41) is 5.35. The van der Waals surface area contributed by atoms with E-state index in [9.17, 15) is 0 Å². The van der Waals surface area contributed by atoms with Crippen LogP contribution in [0.1, 0.15) is 12.1 Å². The lowest BCUT2D eigenvalue weighted by molar-refractivity contribution is 0.0374. The number of benzene rings is 1. The Labute approximate surface area is 130 Å². The van der Waals surface area contributed by atoms with Crippen molar-refractivity contribution >= 4 is 11.6 Å². The molecule has 2 aromatic rings. The third-order valence-electron chi connectivity index (χ3n) is 3.73. The van der Waals surface area contributed by atoms with Gasteiger partial charge in [-0.2, -0.15) is 5.10 Å². The molecule has 1 saturated heterocycles. The van der Waals surface area contributed by atoms with Crippen molar-refractivity contribution in [1.82, 2.24) is 14.7 Å². The van der Waals surface area contributed by atoms with Crippen molar-refractivity contribution < 1.29 is 4.74 Å². The van der Waals surface area contributed by atoms with Crippen molar-refractivity contribution in [2.45, 2.75) is 12.8 Å². The highest BCUT2D eigenvalue weighted by Gasteiger charge is 2.10. The molecular formula is C16H20ClN3O. The van der Waals surface area contributed by atoms with E-state index >= 15 is 0 Å². The van der Waals surface area contributed by atoms with E-state index in [1.54, 1.807) is 0 Å². The number of halogens is 1.